The van der Waals surface area contributed by atoms with Crippen LogP contribution in [0, 0.1) is 0 Å². The number of aromatic nitrogens is 2. The number of anilines is 2. The molecule has 2 aromatic carbocycles. The van der Waals surface area contributed by atoms with Gasteiger partial charge in [0.2, 0.25) is 11.8 Å². The van der Waals surface area contributed by atoms with Crippen LogP contribution < -0.4 is 15.0 Å². The second kappa shape index (κ2) is 10.5. The highest BCUT2D eigenvalue weighted by molar-refractivity contribution is 7.99. The first-order chi connectivity index (χ1) is 15.6. The lowest BCUT2D eigenvalue weighted by molar-refractivity contribution is -0.113. The Bertz CT molecular complexity index is 1010. The summed E-state index contributed by atoms with van der Waals surface area (Å²) in [5.74, 6) is 1.23. The lowest BCUT2D eigenvalue weighted by Crippen LogP contribution is -2.46. The van der Waals surface area contributed by atoms with Crippen LogP contribution in [0.1, 0.15) is 6.92 Å². The number of rotatable bonds is 8. The Hall–Kier alpha value is -3.04. The predicted octanol–water partition coefficient (Wildman–Crippen LogP) is 3.62. The van der Waals surface area contributed by atoms with Gasteiger partial charge < -0.3 is 24.3 Å². The summed E-state index contributed by atoms with van der Waals surface area (Å²) < 4.78 is 10.8. The Morgan fingerprint density at radius 1 is 1.06 bits per heavy atom. The Kier molecular flexibility index (Phi) is 7.28. The Morgan fingerprint density at radius 3 is 2.44 bits per heavy atom. The molecule has 1 amide bonds. The number of likely N-dealkylation sites (N-methyl/N-ethyl adjacent to an activating group) is 1. The highest BCUT2D eigenvalue weighted by Crippen LogP contribution is 2.25. The van der Waals surface area contributed by atoms with Crippen molar-refractivity contribution in [3.05, 3.63) is 48.5 Å². The average molecular weight is 454 g/mol. The van der Waals surface area contributed by atoms with Crippen molar-refractivity contribution in [3.8, 4) is 17.2 Å². The van der Waals surface area contributed by atoms with Gasteiger partial charge in [-0.2, -0.15) is 0 Å². The van der Waals surface area contributed by atoms with Crippen LogP contribution in [0.3, 0.4) is 0 Å². The molecule has 3 aromatic rings. The number of nitrogens with zero attached hydrogens (tertiary/aromatic N) is 4. The first kappa shape index (κ1) is 22.2. The van der Waals surface area contributed by atoms with Crippen LogP contribution in [-0.4, -0.2) is 66.6 Å². The van der Waals surface area contributed by atoms with Crippen LogP contribution in [0.2, 0.25) is 0 Å². The third-order valence-corrected chi connectivity index (χ3v) is 6.22. The van der Waals surface area contributed by atoms with Gasteiger partial charge in [0, 0.05) is 43.1 Å². The van der Waals surface area contributed by atoms with Crippen molar-refractivity contribution in [2.75, 3.05) is 55.8 Å². The van der Waals surface area contributed by atoms with E-state index < -0.39 is 0 Å². The van der Waals surface area contributed by atoms with Crippen LogP contribution >= 0.6 is 11.8 Å². The van der Waals surface area contributed by atoms with E-state index in [0.29, 0.717) is 11.1 Å². The first-order valence-electron chi connectivity index (χ1n) is 10.6. The van der Waals surface area contributed by atoms with Crippen LogP contribution in [0.5, 0.6) is 5.75 Å². The van der Waals surface area contributed by atoms with Crippen LogP contribution in [0.15, 0.2) is 58.2 Å². The lowest BCUT2D eigenvalue weighted by atomic mass is 10.2. The normalized spacial score (nSPS) is 14.4. The van der Waals surface area contributed by atoms with E-state index in [1.54, 1.807) is 7.11 Å². The lowest BCUT2D eigenvalue weighted by Gasteiger charge is -2.35. The van der Waals surface area contributed by atoms with E-state index in [1.165, 1.54) is 17.4 Å². The molecular weight excluding hydrogens is 426 g/mol. The molecule has 1 aliphatic rings. The first-order valence-corrected chi connectivity index (χ1v) is 11.6. The number of piperazine rings is 1. The van der Waals surface area contributed by atoms with E-state index in [1.807, 2.05) is 36.4 Å². The molecular formula is C23H27N5O3S. The molecule has 32 heavy (non-hydrogen) atoms. The third kappa shape index (κ3) is 5.60. The number of hydrogen-bond acceptors (Lipinski definition) is 8. The maximum atomic E-state index is 12.3. The van der Waals surface area contributed by atoms with Gasteiger partial charge in [-0.15, -0.1) is 10.2 Å². The fraction of sp³-hybridized carbons (Fsp3) is 0.348. The van der Waals surface area contributed by atoms with Gasteiger partial charge in [-0.05, 0) is 55.1 Å². The van der Waals surface area contributed by atoms with Gasteiger partial charge in [-0.1, -0.05) is 18.7 Å². The van der Waals surface area contributed by atoms with E-state index in [-0.39, 0.29) is 11.7 Å². The number of nitrogens with one attached hydrogen (secondary N) is 1. The molecule has 0 radical (unpaired) electrons. The summed E-state index contributed by atoms with van der Waals surface area (Å²) in [5, 5.41) is 11.3. The molecule has 9 heteroatoms. The number of amides is 1. The minimum Gasteiger partial charge on any atom is -0.497 e. The van der Waals surface area contributed by atoms with Gasteiger partial charge in [0.1, 0.15) is 5.75 Å². The standard InChI is InChI=1S/C23H27N5O3S/c1-3-27-12-14-28(15-13-27)19-8-6-18(7-9-19)24-21(29)16-32-23-26-25-22(31-23)17-4-10-20(30-2)11-5-17/h4-11H,3,12-16H2,1-2H3,(H,24,29). The zero-order valence-electron chi connectivity index (χ0n) is 18.3. The smallest absolute Gasteiger partial charge is 0.277 e. The molecule has 8 nitrogen and oxygen atoms in total. The molecule has 4 rings (SSSR count). The minimum absolute atomic E-state index is 0.122. The van der Waals surface area contributed by atoms with Crippen LogP contribution in [0.4, 0.5) is 11.4 Å². The van der Waals surface area contributed by atoms with E-state index in [9.17, 15) is 4.79 Å². The van der Waals surface area contributed by atoms with Crippen molar-refractivity contribution in [1.29, 1.82) is 0 Å². The molecule has 1 aromatic heterocycles. The topological polar surface area (TPSA) is 83.7 Å². The van der Waals surface area contributed by atoms with E-state index in [4.69, 9.17) is 9.15 Å². The number of carbonyl (C=O) groups is 1. The molecule has 0 saturated carbocycles. The maximum Gasteiger partial charge on any atom is 0.277 e. The van der Waals surface area contributed by atoms with E-state index in [0.717, 1.165) is 49.7 Å². The number of carbonyl (C=O) groups excluding carboxylic acids is 1. The quantitative estimate of drug-likeness (QED) is 0.518. The average Bonchev–Trinajstić information content (AvgIpc) is 3.32. The number of hydrogen-bond donors (Lipinski definition) is 1. The zero-order chi connectivity index (χ0) is 22.3. The largest absolute Gasteiger partial charge is 0.497 e. The molecule has 168 valence electrons. The molecule has 0 unspecified atom stereocenters. The highest BCUT2D eigenvalue weighted by Gasteiger charge is 2.16. The summed E-state index contributed by atoms with van der Waals surface area (Å²) >= 11 is 1.21. The molecule has 1 saturated heterocycles. The van der Waals surface area contributed by atoms with E-state index in [2.05, 4.69) is 44.4 Å². The van der Waals surface area contributed by atoms with Gasteiger partial charge in [0.15, 0.2) is 0 Å². The van der Waals surface area contributed by atoms with Gasteiger partial charge in [-0.25, -0.2) is 0 Å². The molecule has 0 atom stereocenters. The van der Waals surface area contributed by atoms with Gasteiger partial charge in [0.25, 0.3) is 5.22 Å². The second-order valence-corrected chi connectivity index (χ2v) is 8.33. The summed E-state index contributed by atoms with van der Waals surface area (Å²) in [6, 6.07) is 15.4. The Labute approximate surface area is 191 Å². The van der Waals surface area contributed by atoms with Crippen molar-refractivity contribution in [2.24, 2.45) is 0 Å². The molecule has 0 aliphatic carbocycles. The van der Waals surface area contributed by atoms with Crippen LogP contribution in [0.25, 0.3) is 11.5 Å². The second-order valence-electron chi connectivity index (χ2n) is 7.41. The summed E-state index contributed by atoms with van der Waals surface area (Å²) in [6.07, 6.45) is 0. The Balaban J connectivity index is 1.26. The van der Waals surface area contributed by atoms with Gasteiger partial charge in [-0.3, -0.25) is 4.79 Å². The molecule has 0 spiro atoms. The summed E-state index contributed by atoms with van der Waals surface area (Å²) in [4.78, 5) is 17.2. The molecule has 1 N–H and O–H groups in total. The monoisotopic (exact) mass is 453 g/mol. The van der Waals surface area contributed by atoms with Gasteiger partial charge in [0.05, 0.1) is 12.9 Å². The van der Waals surface area contributed by atoms with E-state index >= 15 is 0 Å². The van der Waals surface area contributed by atoms with Crippen molar-refractivity contribution >= 4 is 29.0 Å². The number of benzene rings is 2. The molecule has 2 heterocycles. The summed E-state index contributed by atoms with van der Waals surface area (Å²) in [7, 11) is 1.62. The summed E-state index contributed by atoms with van der Waals surface area (Å²) in [5.41, 5.74) is 2.76. The van der Waals surface area contributed by atoms with Gasteiger partial charge >= 0.3 is 0 Å². The molecule has 1 aliphatic heterocycles. The SMILES string of the molecule is CCN1CCN(c2ccc(NC(=O)CSc3nnc(-c4ccc(OC)cc4)o3)cc2)CC1. The van der Waals surface area contributed by atoms with Crippen LogP contribution in [-0.2, 0) is 4.79 Å². The fourth-order valence-corrected chi connectivity index (χ4v) is 4.08. The molecule has 0 bridgehead atoms. The zero-order valence-corrected chi connectivity index (χ0v) is 19.1. The number of ether oxygens (including phenoxy) is 1. The van der Waals surface area contributed by atoms with Crippen molar-refractivity contribution < 1.29 is 13.9 Å². The minimum atomic E-state index is -0.122. The highest BCUT2D eigenvalue weighted by atomic mass is 32.2. The predicted molar refractivity (Wildman–Crippen MR) is 126 cm³/mol. The fourth-order valence-electron chi connectivity index (χ4n) is 3.52. The van der Waals surface area contributed by atoms with Crippen molar-refractivity contribution in [2.45, 2.75) is 12.1 Å². The third-order valence-electron chi connectivity index (χ3n) is 5.41. The number of thioether (sulfide) groups is 1. The number of methoxy groups -OCH3 is 1. The molecule has 1 fully saturated rings. The van der Waals surface area contributed by atoms with Crippen molar-refractivity contribution in [1.82, 2.24) is 15.1 Å². The Morgan fingerprint density at radius 2 is 1.78 bits per heavy atom. The maximum absolute atomic E-state index is 12.3. The van der Waals surface area contributed by atoms with Crippen molar-refractivity contribution in [3.63, 3.8) is 0 Å². The summed E-state index contributed by atoms with van der Waals surface area (Å²) in [6.45, 7) is 7.52.